The Morgan fingerprint density at radius 3 is 2.79 bits per heavy atom. The summed E-state index contributed by atoms with van der Waals surface area (Å²) in [4.78, 5) is 4.24. The van der Waals surface area contributed by atoms with Crippen molar-refractivity contribution in [3.63, 3.8) is 0 Å². The second-order valence-electron chi connectivity index (χ2n) is 3.78. The van der Waals surface area contributed by atoms with Gasteiger partial charge in [-0.1, -0.05) is 32.6 Å². The fourth-order valence-electron chi connectivity index (χ4n) is 1.61. The van der Waals surface area contributed by atoms with Crippen LogP contribution in [0.1, 0.15) is 36.5 Å². The summed E-state index contributed by atoms with van der Waals surface area (Å²) in [7, 11) is 0. The molecule has 1 aliphatic rings. The first-order valence-electron chi connectivity index (χ1n) is 4.81. The Balaban J connectivity index is 2.54. The molecule has 1 nitrogen and oxygen atoms in total. The highest BCUT2D eigenvalue weighted by Crippen LogP contribution is 2.27. The van der Waals surface area contributed by atoms with E-state index in [4.69, 9.17) is 0 Å². The molecule has 0 bridgehead atoms. The minimum atomic E-state index is 0.561. The number of hydrogen-bond donors (Lipinski definition) is 0. The van der Waals surface area contributed by atoms with Crippen molar-refractivity contribution in [3.05, 3.63) is 47.2 Å². The Labute approximate surface area is 84.5 Å². The quantitative estimate of drug-likeness (QED) is 0.592. The van der Waals surface area contributed by atoms with Crippen LogP contribution in [0.15, 0.2) is 35.5 Å². The Hall–Kier alpha value is -1.59. The summed E-state index contributed by atoms with van der Waals surface area (Å²) in [6, 6.07) is 6.44. The summed E-state index contributed by atoms with van der Waals surface area (Å²) in [6.07, 6.45) is 1.88. The zero-order chi connectivity index (χ0) is 10.1. The van der Waals surface area contributed by atoms with Crippen LogP contribution in [0.5, 0.6) is 0 Å². The van der Waals surface area contributed by atoms with Gasteiger partial charge in [-0.15, -0.1) is 5.73 Å². The average Bonchev–Trinajstić information content (AvgIpc) is 2.59. The molecule has 2 rings (SSSR count). The van der Waals surface area contributed by atoms with Gasteiger partial charge in [0.1, 0.15) is 5.70 Å². The molecular formula is C13H13N. The lowest BCUT2D eigenvalue weighted by molar-refractivity contribution is 0.866. The van der Waals surface area contributed by atoms with Gasteiger partial charge in [-0.25, -0.2) is 4.99 Å². The zero-order valence-corrected chi connectivity index (χ0v) is 8.54. The summed E-state index contributed by atoms with van der Waals surface area (Å²) in [5, 5.41) is 0. The molecule has 0 amide bonds. The maximum absolute atomic E-state index is 4.24. The van der Waals surface area contributed by atoms with Crippen molar-refractivity contribution in [1.29, 1.82) is 0 Å². The Kier molecular flexibility index (Phi) is 2.11. The van der Waals surface area contributed by atoms with Gasteiger partial charge in [-0.05, 0) is 17.5 Å². The van der Waals surface area contributed by atoms with Gasteiger partial charge >= 0.3 is 0 Å². The third-order valence-electron chi connectivity index (χ3n) is 2.50. The lowest BCUT2D eigenvalue weighted by atomic mass is 9.98. The molecular weight excluding hydrogens is 170 g/mol. The van der Waals surface area contributed by atoms with Crippen LogP contribution in [0.3, 0.4) is 0 Å². The van der Waals surface area contributed by atoms with Crippen molar-refractivity contribution >= 4 is 11.9 Å². The van der Waals surface area contributed by atoms with Gasteiger partial charge in [0.05, 0.1) is 0 Å². The van der Waals surface area contributed by atoms with Crippen molar-refractivity contribution in [3.8, 4) is 0 Å². The summed E-state index contributed by atoms with van der Waals surface area (Å²) in [6.45, 7) is 8.01. The standard InChI is InChI=1S/C13H13N/c1-4-13-12-6-5-10(9(2)3)7-11(12)8-14-13/h5-9H,1H2,2-3H3. The van der Waals surface area contributed by atoms with Crippen LogP contribution in [-0.4, -0.2) is 6.21 Å². The maximum Gasteiger partial charge on any atom is 0.112 e. The first-order chi connectivity index (χ1) is 6.72. The molecule has 1 heteroatoms. The highest BCUT2D eigenvalue weighted by Gasteiger charge is 2.12. The molecule has 0 saturated heterocycles. The highest BCUT2D eigenvalue weighted by atomic mass is 14.8. The zero-order valence-electron chi connectivity index (χ0n) is 8.54. The topological polar surface area (TPSA) is 12.4 Å². The molecule has 1 aliphatic heterocycles. The number of aliphatic imine (C=N–C) groups is 1. The van der Waals surface area contributed by atoms with E-state index in [1.165, 1.54) is 11.1 Å². The minimum Gasteiger partial charge on any atom is -0.247 e. The van der Waals surface area contributed by atoms with Crippen LogP contribution in [-0.2, 0) is 0 Å². The SMILES string of the molecule is C=C=C1N=Cc2cc(C(C)C)ccc21. The fraction of sp³-hybridized carbons (Fsp3) is 0.231. The fourth-order valence-corrected chi connectivity index (χ4v) is 1.61. The lowest BCUT2D eigenvalue weighted by Crippen LogP contribution is -1.90. The van der Waals surface area contributed by atoms with E-state index in [0.717, 1.165) is 11.3 Å². The molecule has 70 valence electrons. The second-order valence-corrected chi connectivity index (χ2v) is 3.78. The van der Waals surface area contributed by atoms with E-state index in [1.807, 2.05) is 6.21 Å². The predicted octanol–water partition coefficient (Wildman–Crippen LogP) is 3.37. The second kappa shape index (κ2) is 3.28. The molecule has 0 fully saturated rings. The normalized spacial score (nSPS) is 13.2. The van der Waals surface area contributed by atoms with Crippen molar-refractivity contribution in [2.24, 2.45) is 4.99 Å². The van der Waals surface area contributed by atoms with Gasteiger partial charge in [-0.2, -0.15) is 0 Å². The summed E-state index contributed by atoms with van der Waals surface area (Å²) in [5.41, 5.74) is 7.37. The smallest absolute Gasteiger partial charge is 0.112 e. The van der Waals surface area contributed by atoms with E-state index in [2.05, 4.69) is 49.3 Å². The van der Waals surface area contributed by atoms with Gasteiger partial charge in [-0.3, -0.25) is 0 Å². The number of fused-ring (bicyclic) bond motifs is 1. The van der Waals surface area contributed by atoms with E-state index in [0.29, 0.717) is 5.92 Å². The maximum atomic E-state index is 4.24. The van der Waals surface area contributed by atoms with Crippen LogP contribution < -0.4 is 0 Å². The molecule has 0 N–H and O–H groups in total. The Morgan fingerprint density at radius 2 is 2.14 bits per heavy atom. The first-order valence-corrected chi connectivity index (χ1v) is 4.81. The van der Waals surface area contributed by atoms with Crippen LogP contribution in [0, 0.1) is 0 Å². The van der Waals surface area contributed by atoms with E-state index in [-0.39, 0.29) is 0 Å². The molecule has 0 atom stereocenters. The molecule has 0 unspecified atom stereocenters. The van der Waals surface area contributed by atoms with Gasteiger partial charge in [0.25, 0.3) is 0 Å². The molecule has 14 heavy (non-hydrogen) atoms. The van der Waals surface area contributed by atoms with Crippen LogP contribution in [0.4, 0.5) is 0 Å². The van der Waals surface area contributed by atoms with Gasteiger partial charge in [0.15, 0.2) is 0 Å². The van der Waals surface area contributed by atoms with Crippen molar-refractivity contribution in [2.45, 2.75) is 19.8 Å². The number of benzene rings is 1. The number of rotatable bonds is 1. The van der Waals surface area contributed by atoms with Crippen LogP contribution in [0.2, 0.25) is 0 Å². The Bertz CT molecular complexity index is 446. The van der Waals surface area contributed by atoms with Gasteiger partial charge < -0.3 is 0 Å². The van der Waals surface area contributed by atoms with Crippen molar-refractivity contribution < 1.29 is 0 Å². The highest BCUT2D eigenvalue weighted by molar-refractivity contribution is 5.97. The third-order valence-corrected chi connectivity index (χ3v) is 2.50. The average molecular weight is 183 g/mol. The minimum absolute atomic E-state index is 0.561. The molecule has 0 radical (unpaired) electrons. The van der Waals surface area contributed by atoms with Gasteiger partial charge in [0.2, 0.25) is 0 Å². The molecule has 0 spiro atoms. The van der Waals surface area contributed by atoms with E-state index in [9.17, 15) is 0 Å². The molecule has 1 aromatic rings. The largest absolute Gasteiger partial charge is 0.247 e. The monoisotopic (exact) mass is 183 g/mol. The van der Waals surface area contributed by atoms with E-state index >= 15 is 0 Å². The first kappa shape index (κ1) is 8.98. The molecule has 0 aromatic heterocycles. The number of hydrogen-bond acceptors (Lipinski definition) is 1. The van der Waals surface area contributed by atoms with Crippen LogP contribution in [0.25, 0.3) is 5.70 Å². The van der Waals surface area contributed by atoms with Crippen molar-refractivity contribution in [1.82, 2.24) is 0 Å². The van der Waals surface area contributed by atoms with E-state index in [1.54, 1.807) is 0 Å². The third kappa shape index (κ3) is 1.32. The van der Waals surface area contributed by atoms with Crippen LogP contribution >= 0.6 is 0 Å². The molecule has 0 aliphatic carbocycles. The van der Waals surface area contributed by atoms with Gasteiger partial charge in [0, 0.05) is 17.3 Å². The lowest BCUT2D eigenvalue weighted by Gasteiger charge is -2.06. The summed E-state index contributed by atoms with van der Waals surface area (Å²) in [5.74, 6) is 0.561. The molecule has 1 aromatic carbocycles. The summed E-state index contributed by atoms with van der Waals surface area (Å²) < 4.78 is 0. The summed E-state index contributed by atoms with van der Waals surface area (Å²) >= 11 is 0. The van der Waals surface area contributed by atoms with E-state index < -0.39 is 0 Å². The predicted molar refractivity (Wildman–Crippen MR) is 60.7 cm³/mol. The molecule has 0 saturated carbocycles. The number of nitrogens with zero attached hydrogens (tertiary/aromatic N) is 1. The molecule has 1 heterocycles. The van der Waals surface area contributed by atoms with Crippen molar-refractivity contribution in [2.75, 3.05) is 0 Å². The Morgan fingerprint density at radius 1 is 1.36 bits per heavy atom.